The first-order chi connectivity index (χ1) is 7.47. The van der Waals surface area contributed by atoms with Gasteiger partial charge in [0.2, 0.25) is 0 Å². The SMILES string of the molecule is CCCC[C@@H]1CSC(N)=N1.O=C(O)C(=O)O. The molecule has 7 heteroatoms. The molecule has 6 nitrogen and oxygen atoms in total. The molecule has 0 fully saturated rings. The number of hydrogen-bond donors (Lipinski definition) is 3. The van der Waals surface area contributed by atoms with Crippen LogP contribution >= 0.6 is 11.8 Å². The zero-order valence-electron chi connectivity index (χ0n) is 9.05. The number of thioether (sulfide) groups is 1. The predicted molar refractivity (Wildman–Crippen MR) is 62.7 cm³/mol. The molecule has 0 aromatic carbocycles. The number of amidine groups is 1. The van der Waals surface area contributed by atoms with Crippen LogP contribution in [0, 0.1) is 0 Å². The van der Waals surface area contributed by atoms with Crippen molar-refractivity contribution in [2.45, 2.75) is 32.2 Å². The molecule has 1 aliphatic heterocycles. The summed E-state index contributed by atoms with van der Waals surface area (Å²) in [7, 11) is 0. The summed E-state index contributed by atoms with van der Waals surface area (Å²) in [5.41, 5.74) is 5.51. The molecule has 1 rings (SSSR count). The van der Waals surface area contributed by atoms with Crippen molar-refractivity contribution >= 4 is 28.9 Å². The lowest BCUT2D eigenvalue weighted by Gasteiger charge is -2.01. The van der Waals surface area contributed by atoms with Crippen LogP contribution in [0.1, 0.15) is 26.2 Å². The first kappa shape index (κ1) is 14.8. The van der Waals surface area contributed by atoms with Crippen molar-refractivity contribution in [2.24, 2.45) is 10.7 Å². The summed E-state index contributed by atoms with van der Waals surface area (Å²) in [5.74, 6) is -2.55. The van der Waals surface area contributed by atoms with Crippen LogP contribution in [0.15, 0.2) is 4.99 Å². The molecule has 0 aromatic rings. The zero-order valence-corrected chi connectivity index (χ0v) is 9.87. The first-order valence-corrected chi connectivity index (χ1v) is 5.88. The molecule has 0 aromatic heterocycles. The number of unbranched alkanes of at least 4 members (excludes halogenated alkanes) is 1. The lowest BCUT2D eigenvalue weighted by Crippen LogP contribution is -2.09. The van der Waals surface area contributed by atoms with Gasteiger partial charge in [-0.1, -0.05) is 31.5 Å². The van der Waals surface area contributed by atoms with E-state index in [2.05, 4.69) is 11.9 Å². The number of aliphatic imine (C=N–C) groups is 1. The Morgan fingerprint density at radius 3 is 2.38 bits per heavy atom. The molecule has 4 N–H and O–H groups in total. The Morgan fingerprint density at radius 1 is 1.50 bits per heavy atom. The van der Waals surface area contributed by atoms with Crippen molar-refractivity contribution < 1.29 is 19.8 Å². The van der Waals surface area contributed by atoms with E-state index in [1.807, 2.05) is 0 Å². The molecular formula is C9H16N2O4S. The molecule has 92 valence electrons. The Bertz CT molecular complexity index is 269. The van der Waals surface area contributed by atoms with E-state index in [-0.39, 0.29) is 0 Å². The van der Waals surface area contributed by atoms with E-state index < -0.39 is 11.9 Å². The molecule has 0 bridgehead atoms. The molecule has 0 saturated carbocycles. The lowest BCUT2D eigenvalue weighted by atomic mass is 10.1. The van der Waals surface area contributed by atoms with Gasteiger partial charge in [-0.2, -0.15) is 0 Å². The average molecular weight is 248 g/mol. The van der Waals surface area contributed by atoms with E-state index >= 15 is 0 Å². The fourth-order valence-corrected chi connectivity index (χ4v) is 1.85. The van der Waals surface area contributed by atoms with Gasteiger partial charge in [-0.25, -0.2) is 9.59 Å². The van der Waals surface area contributed by atoms with Crippen molar-refractivity contribution in [3.63, 3.8) is 0 Å². The van der Waals surface area contributed by atoms with E-state index in [0.717, 1.165) is 10.9 Å². The van der Waals surface area contributed by atoms with Gasteiger partial charge in [-0.3, -0.25) is 4.99 Å². The highest BCUT2D eigenvalue weighted by Gasteiger charge is 2.14. The van der Waals surface area contributed by atoms with E-state index in [4.69, 9.17) is 25.5 Å². The van der Waals surface area contributed by atoms with Crippen LogP contribution in [0.4, 0.5) is 0 Å². The maximum absolute atomic E-state index is 9.10. The summed E-state index contributed by atoms with van der Waals surface area (Å²) < 4.78 is 0. The first-order valence-electron chi connectivity index (χ1n) is 4.89. The Labute approximate surface area is 97.9 Å². The lowest BCUT2D eigenvalue weighted by molar-refractivity contribution is -0.159. The molecule has 0 spiro atoms. The van der Waals surface area contributed by atoms with E-state index in [1.54, 1.807) is 11.8 Å². The van der Waals surface area contributed by atoms with Crippen LogP contribution in [-0.2, 0) is 9.59 Å². The minimum Gasteiger partial charge on any atom is -0.473 e. The standard InChI is InChI=1S/C7H14N2S.C2H2O4/c1-2-3-4-6-5-10-7(8)9-6;3-1(4)2(5)6/h6H,2-5H2,1H3,(H2,8,9);(H,3,4)(H,5,6)/t6-;/m1./s1. The number of aliphatic carboxylic acids is 2. The number of carbonyl (C=O) groups is 2. The highest BCUT2D eigenvalue weighted by molar-refractivity contribution is 8.14. The van der Waals surface area contributed by atoms with Gasteiger partial charge in [0.15, 0.2) is 5.17 Å². The molecule has 1 aliphatic rings. The van der Waals surface area contributed by atoms with Gasteiger partial charge < -0.3 is 15.9 Å². The second-order valence-corrected chi connectivity index (χ2v) is 4.22. The minimum atomic E-state index is -1.82. The van der Waals surface area contributed by atoms with Gasteiger partial charge in [0.05, 0.1) is 6.04 Å². The van der Waals surface area contributed by atoms with Gasteiger partial charge in [-0.05, 0) is 6.42 Å². The summed E-state index contributed by atoms with van der Waals surface area (Å²) >= 11 is 1.68. The summed E-state index contributed by atoms with van der Waals surface area (Å²) in [6.07, 6.45) is 3.75. The van der Waals surface area contributed by atoms with E-state index in [1.165, 1.54) is 19.3 Å². The maximum atomic E-state index is 9.10. The van der Waals surface area contributed by atoms with Gasteiger partial charge >= 0.3 is 11.9 Å². The van der Waals surface area contributed by atoms with E-state index in [9.17, 15) is 0 Å². The minimum absolute atomic E-state index is 0.518. The number of carboxylic acid groups (broad SMARTS) is 2. The van der Waals surface area contributed by atoms with Crippen molar-refractivity contribution in [1.82, 2.24) is 0 Å². The fourth-order valence-electron chi connectivity index (χ4n) is 1.02. The molecule has 1 atom stereocenters. The van der Waals surface area contributed by atoms with Crippen LogP contribution in [0.2, 0.25) is 0 Å². The Kier molecular flexibility index (Phi) is 7.36. The third kappa shape index (κ3) is 7.10. The maximum Gasteiger partial charge on any atom is 0.414 e. The third-order valence-electron chi connectivity index (χ3n) is 1.81. The Morgan fingerprint density at radius 2 is 2.06 bits per heavy atom. The molecule has 0 aliphatic carbocycles. The average Bonchev–Trinajstić information content (AvgIpc) is 2.62. The van der Waals surface area contributed by atoms with Crippen LogP contribution in [-0.4, -0.2) is 39.1 Å². The molecule has 0 radical (unpaired) electrons. The number of hydrogen-bond acceptors (Lipinski definition) is 5. The molecule has 1 heterocycles. The number of rotatable bonds is 3. The molecule has 0 unspecified atom stereocenters. The summed E-state index contributed by atoms with van der Waals surface area (Å²) in [4.78, 5) is 22.5. The fraction of sp³-hybridized carbons (Fsp3) is 0.667. The van der Waals surface area contributed by atoms with Gasteiger partial charge in [-0.15, -0.1) is 0 Å². The van der Waals surface area contributed by atoms with Crippen LogP contribution < -0.4 is 5.73 Å². The molecule has 0 amide bonds. The number of nitrogens with zero attached hydrogens (tertiary/aromatic N) is 1. The second kappa shape index (κ2) is 7.98. The van der Waals surface area contributed by atoms with Crippen molar-refractivity contribution in [2.75, 3.05) is 5.75 Å². The van der Waals surface area contributed by atoms with Crippen LogP contribution in [0.25, 0.3) is 0 Å². The summed E-state index contributed by atoms with van der Waals surface area (Å²) in [6, 6.07) is 0.518. The Hall–Kier alpha value is -1.24. The van der Waals surface area contributed by atoms with Gasteiger partial charge in [0.1, 0.15) is 0 Å². The van der Waals surface area contributed by atoms with Crippen molar-refractivity contribution in [1.29, 1.82) is 0 Å². The predicted octanol–water partition coefficient (Wildman–Crippen LogP) is 0.762. The van der Waals surface area contributed by atoms with Crippen molar-refractivity contribution in [3.8, 4) is 0 Å². The van der Waals surface area contributed by atoms with Gasteiger partial charge in [0, 0.05) is 5.75 Å². The second-order valence-electron chi connectivity index (χ2n) is 3.18. The zero-order chi connectivity index (χ0) is 12.6. The monoisotopic (exact) mass is 248 g/mol. The van der Waals surface area contributed by atoms with Gasteiger partial charge in [0.25, 0.3) is 0 Å². The van der Waals surface area contributed by atoms with Crippen molar-refractivity contribution in [3.05, 3.63) is 0 Å². The summed E-state index contributed by atoms with van der Waals surface area (Å²) in [6.45, 7) is 2.20. The number of carboxylic acids is 2. The van der Waals surface area contributed by atoms with E-state index in [0.29, 0.717) is 6.04 Å². The molecule has 0 saturated heterocycles. The topological polar surface area (TPSA) is 113 Å². The largest absolute Gasteiger partial charge is 0.473 e. The summed E-state index contributed by atoms with van der Waals surface area (Å²) in [5, 5.41) is 15.6. The highest BCUT2D eigenvalue weighted by atomic mass is 32.2. The number of nitrogens with two attached hydrogens (primary N) is 1. The quantitative estimate of drug-likeness (QED) is 0.635. The normalized spacial score (nSPS) is 18.3. The third-order valence-corrected chi connectivity index (χ3v) is 2.76. The smallest absolute Gasteiger partial charge is 0.414 e. The van der Waals surface area contributed by atoms with Crippen LogP contribution in [0.5, 0.6) is 0 Å². The molecule has 16 heavy (non-hydrogen) atoms. The highest BCUT2D eigenvalue weighted by Crippen LogP contribution is 2.18. The molecular weight excluding hydrogens is 232 g/mol. The Balaban J connectivity index is 0.000000325. The van der Waals surface area contributed by atoms with Crippen LogP contribution in [0.3, 0.4) is 0 Å².